The second-order valence-electron chi connectivity index (χ2n) is 7.91. The van der Waals surface area contributed by atoms with E-state index in [4.69, 9.17) is 4.42 Å². The van der Waals surface area contributed by atoms with Crippen LogP contribution in [0.3, 0.4) is 0 Å². The largest absolute Gasteiger partial charge is 0.401 e. The molecule has 0 saturated heterocycles. The minimum Gasteiger partial charge on any atom is -0.401 e. The normalized spacial score (nSPS) is 11.8. The van der Waals surface area contributed by atoms with E-state index in [0.717, 1.165) is 5.56 Å². The quantitative estimate of drug-likeness (QED) is 0.409. The van der Waals surface area contributed by atoms with Crippen molar-refractivity contribution < 1.29 is 17.6 Å². The molecule has 1 N–H and O–H groups in total. The number of nitrogens with zero attached hydrogens (tertiary/aromatic N) is 5. The van der Waals surface area contributed by atoms with E-state index in [2.05, 4.69) is 20.6 Å². The molecule has 11 heteroatoms. The van der Waals surface area contributed by atoms with Crippen molar-refractivity contribution in [1.82, 2.24) is 24.3 Å². The summed E-state index contributed by atoms with van der Waals surface area (Å²) in [4.78, 5) is 12.7. The molecule has 4 aromatic rings. The van der Waals surface area contributed by atoms with Crippen molar-refractivity contribution >= 4 is 21.9 Å². The summed E-state index contributed by atoms with van der Waals surface area (Å²) in [6.07, 6.45) is 1.80. The fourth-order valence-corrected chi connectivity index (χ4v) is 4.33. The Morgan fingerprint density at radius 3 is 2.41 bits per heavy atom. The van der Waals surface area contributed by atoms with Gasteiger partial charge in [-0.05, 0) is 49.7 Å². The number of sulfonamides is 1. The molecule has 0 atom stereocenters. The van der Waals surface area contributed by atoms with Gasteiger partial charge in [-0.3, -0.25) is 14.8 Å². The number of anilines is 1. The molecule has 2 aromatic heterocycles. The van der Waals surface area contributed by atoms with Crippen LogP contribution in [0.4, 0.5) is 6.01 Å². The number of hydrogen-bond acceptors (Lipinski definition) is 7. The van der Waals surface area contributed by atoms with Gasteiger partial charge in [0.2, 0.25) is 10.0 Å². The molecule has 1 amide bonds. The average molecular weight is 481 g/mol. The Hall–Kier alpha value is -3.83. The molecular weight excluding hydrogens is 456 g/mol. The van der Waals surface area contributed by atoms with Crippen LogP contribution in [0.15, 0.2) is 76.2 Å². The van der Waals surface area contributed by atoms with Gasteiger partial charge in [0.25, 0.3) is 11.8 Å². The summed E-state index contributed by atoms with van der Waals surface area (Å²) in [7, 11) is -2.20. The van der Waals surface area contributed by atoms with E-state index >= 15 is 0 Å². The fraction of sp³-hybridized carbons (Fsp3) is 0.217. The Bertz CT molecular complexity index is 1380. The minimum absolute atomic E-state index is 0.0848. The number of aromatic nitrogens is 4. The number of amides is 1. The molecule has 0 saturated carbocycles. The molecule has 0 spiro atoms. The monoisotopic (exact) mass is 480 g/mol. The Balaban J connectivity index is 1.42. The van der Waals surface area contributed by atoms with Crippen LogP contribution in [0.1, 0.15) is 35.8 Å². The Labute approximate surface area is 197 Å². The van der Waals surface area contributed by atoms with Gasteiger partial charge in [0.15, 0.2) is 0 Å². The van der Waals surface area contributed by atoms with Crippen LogP contribution >= 0.6 is 0 Å². The molecule has 0 aliphatic heterocycles. The van der Waals surface area contributed by atoms with Gasteiger partial charge < -0.3 is 4.42 Å². The van der Waals surface area contributed by atoms with Crippen LogP contribution < -0.4 is 5.32 Å². The predicted octanol–water partition coefficient (Wildman–Crippen LogP) is 3.59. The van der Waals surface area contributed by atoms with Crippen molar-refractivity contribution in [2.75, 3.05) is 12.4 Å². The fourth-order valence-electron chi connectivity index (χ4n) is 3.17. The summed E-state index contributed by atoms with van der Waals surface area (Å²) in [6, 6.07) is 16.8. The smallest absolute Gasteiger partial charge is 0.322 e. The second kappa shape index (κ2) is 9.57. The summed E-state index contributed by atoms with van der Waals surface area (Å²) in [5.74, 6) is -0.331. The zero-order valence-electron chi connectivity index (χ0n) is 18.9. The molecule has 0 fully saturated rings. The van der Waals surface area contributed by atoms with Crippen molar-refractivity contribution in [1.29, 1.82) is 0 Å². The Morgan fingerprint density at radius 1 is 1.06 bits per heavy atom. The molecule has 4 rings (SSSR count). The Kier molecular flexibility index (Phi) is 6.57. The van der Waals surface area contributed by atoms with Gasteiger partial charge in [-0.2, -0.15) is 9.40 Å². The molecule has 176 valence electrons. The lowest BCUT2D eigenvalue weighted by molar-refractivity contribution is 0.102. The van der Waals surface area contributed by atoms with Gasteiger partial charge in [-0.1, -0.05) is 35.4 Å². The minimum atomic E-state index is -3.72. The topological polar surface area (TPSA) is 123 Å². The maximum absolute atomic E-state index is 12.9. The predicted molar refractivity (Wildman–Crippen MR) is 125 cm³/mol. The first-order chi connectivity index (χ1) is 16.2. The molecule has 0 unspecified atom stereocenters. The molecule has 34 heavy (non-hydrogen) atoms. The van der Waals surface area contributed by atoms with Gasteiger partial charge in [0, 0.05) is 31.4 Å². The Morgan fingerprint density at radius 2 is 1.76 bits per heavy atom. The van der Waals surface area contributed by atoms with E-state index in [-0.39, 0.29) is 35.0 Å². The van der Waals surface area contributed by atoms with Crippen LogP contribution in [0.2, 0.25) is 0 Å². The first-order valence-electron chi connectivity index (χ1n) is 10.5. The number of benzene rings is 2. The van der Waals surface area contributed by atoms with Gasteiger partial charge in [0.05, 0.1) is 4.90 Å². The van der Waals surface area contributed by atoms with Crippen molar-refractivity contribution in [2.24, 2.45) is 0 Å². The van der Waals surface area contributed by atoms with Crippen LogP contribution in [0.25, 0.3) is 11.6 Å². The van der Waals surface area contributed by atoms with Gasteiger partial charge >= 0.3 is 6.01 Å². The van der Waals surface area contributed by atoms with E-state index in [1.54, 1.807) is 16.9 Å². The maximum Gasteiger partial charge on any atom is 0.322 e. The lowest BCUT2D eigenvalue weighted by Crippen LogP contribution is -2.26. The first-order valence-corrected chi connectivity index (χ1v) is 12.0. The average Bonchev–Trinajstić information content (AvgIpc) is 3.50. The van der Waals surface area contributed by atoms with Crippen molar-refractivity contribution in [2.45, 2.75) is 31.3 Å². The third-order valence-corrected chi connectivity index (χ3v) is 6.89. The summed E-state index contributed by atoms with van der Waals surface area (Å²) >= 11 is 0. The summed E-state index contributed by atoms with van der Waals surface area (Å²) < 4.78 is 34.3. The molecule has 0 aliphatic carbocycles. The highest BCUT2D eigenvalue weighted by Gasteiger charge is 2.22. The first kappa shape index (κ1) is 23.3. The molecule has 0 bridgehead atoms. The molecule has 0 radical (unpaired) electrons. The van der Waals surface area contributed by atoms with Crippen molar-refractivity contribution in [3.05, 3.63) is 78.0 Å². The zero-order chi connectivity index (χ0) is 24.3. The van der Waals surface area contributed by atoms with Crippen molar-refractivity contribution in [3.63, 3.8) is 0 Å². The molecule has 2 heterocycles. The summed E-state index contributed by atoms with van der Waals surface area (Å²) in [5.41, 5.74) is 1.61. The van der Waals surface area contributed by atoms with E-state index in [0.29, 0.717) is 5.69 Å². The lowest BCUT2D eigenvalue weighted by Gasteiger charge is -2.17. The number of carbonyl (C=O) groups is 1. The summed E-state index contributed by atoms with van der Waals surface area (Å²) in [5, 5.41) is 14.6. The standard InChI is InChI=1S/C23H24N6O4S/c1-16(2)29-14-13-20(27-29)22-25-26-23(33-22)24-21(30)18-9-11-19(12-10-18)34(31,32)28(3)15-17-7-5-4-6-8-17/h4-14,16H,15H2,1-3H3,(H,24,26,30). The number of rotatable bonds is 8. The number of hydrogen-bond donors (Lipinski definition) is 1. The molecule has 10 nitrogen and oxygen atoms in total. The van der Waals surface area contributed by atoms with Gasteiger partial charge in [0.1, 0.15) is 5.69 Å². The van der Waals surface area contributed by atoms with E-state index in [1.165, 1.54) is 35.6 Å². The van der Waals surface area contributed by atoms with Gasteiger partial charge in [-0.15, -0.1) is 5.10 Å². The number of nitrogens with one attached hydrogen (secondary N) is 1. The van der Waals surface area contributed by atoms with E-state index in [9.17, 15) is 13.2 Å². The molecule has 0 aliphatic rings. The van der Waals surface area contributed by atoms with Crippen molar-refractivity contribution in [3.8, 4) is 11.6 Å². The van der Waals surface area contributed by atoms with E-state index in [1.807, 2.05) is 44.2 Å². The molecular formula is C23H24N6O4S. The maximum atomic E-state index is 12.9. The van der Waals surface area contributed by atoms with Crippen LogP contribution in [-0.4, -0.2) is 45.7 Å². The van der Waals surface area contributed by atoms with E-state index < -0.39 is 15.9 Å². The zero-order valence-corrected chi connectivity index (χ0v) is 19.7. The highest BCUT2D eigenvalue weighted by molar-refractivity contribution is 7.89. The second-order valence-corrected chi connectivity index (χ2v) is 9.96. The summed E-state index contributed by atoms with van der Waals surface area (Å²) in [6.45, 7) is 4.22. The third kappa shape index (κ3) is 5.05. The van der Waals surface area contributed by atoms with Crippen LogP contribution in [-0.2, 0) is 16.6 Å². The third-order valence-electron chi connectivity index (χ3n) is 5.07. The highest BCUT2D eigenvalue weighted by Crippen LogP contribution is 2.21. The van der Waals surface area contributed by atoms with Crippen LogP contribution in [0, 0.1) is 0 Å². The highest BCUT2D eigenvalue weighted by atomic mass is 32.2. The number of carbonyl (C=O) groups excluding carboxylic acids is 1. The van der Waals surface area contributed by atoms with Crippen LogP contribution in [0.5, 0.6) is 0 Å². The van der Waals surface area contributed by atoms with Gasteiger partial charge in [-0.25, -0.2) is 8.42 Å². The molecule has 2 aromatic carbocycles. The lowest BCUT2D eigenvalue weighted by atomic mass is 10.2. The SMILES string of the molecule is CC(C)n1ccc(-c2nnc(NC(=O)c3ccc(S(=O)(=O)N(C)Cc4ccccc4)cc3)o2)n1.